The predicted molar refractivity (Wildman–Crippen MR) is 114 cm³/mol. The van der Waals surface area contributed by atoms with Crippen LogP contribution in [0.2, 0.25) is 0 Å². The number of anilines is 2. The maximum atomic E-state index is 11.7. The zero-order valence-electron chi connectivity index (χ0n) is 17.7. The van der Waals surface area contributed by atoms with Gasteiger partial charge in [0.05, 0.1) is 12.4 Å². The molecule has 12 heteroatoms. The molecule has 0 bridgehead atoms. The number of carbonyl (C=O) groups excluding carboxylic acids is 1. The van der Waals surface area contributed by atoms with E-state index in [-0.39, 0.29) is 18.1 Å². The van der Waals surface area contributed by atoms with E-state index in [2.05, 4.69) is 25.6 Å². The van der Waals surface area contributed by atoms with Crippen LogP contribution in [0.1, 0.15) is 39.8 Å². The molecule has 0 radical (unpaired) electrons. The SMILES string of the molecule is CC(C)(C)OC(=O)NCCNc1nc(N)c2ncn(C3CCC(CCl)O3)c2n1.CO. The molecular formula is C18H30ClN7O4. The number of alkyl halides is 1. The number of rotatable bonds is 6. The highest BCUT2D eigenvalue weighted by atomic mass is 35.5. The number of carbonyl (C=O) groups is 1. The Bertz CT molecular complexity index is 840. The summed E-state index contributed by atoms with van der Waals surface area (Å²) in [5, 5.41) is 12.7. The number of aromatic nitrogens is 4. The summed E-state index contributed by atoms with van der Waals surface area (Å²) in [5.74, 6) is 1.08. The number of nitrogen functional groups attached to an aromatic ring is 1. The molecule has 2 aromatic rings. The Morgan fingerprint density at radius 1 is 1.37 bits per heavy atom. The van der Waals surface area contributed by atoms with Crippen molar-refractivity contribution in [3.63, 3.8) is 0 Å². The van der Waals surface area contributed by atoms with Crippen LogP contribution in [0.4, 0.5) is 16.6 Å². The van der Waals surface area contributed by atoms with E-state index in [1.165, 1.54) is 0 Å². The molecule has 0 saturated carbocycles. The van der Waals surface area contributed by atoms with Gasteiger partial charge in [-0.1, -0.05) is 0 Å². The van der Waals surface area contributed by atoms with Gasteiger partial charge in [-0.15, -0.1) is 11.6 Å². The molecule has 1 amide bonds. The summed E-state index contributed by atoms with van der Waals surface area (Å²) in [5.41, 5.74) is 6.60. The first-order valence-corrected chi connectivity index (χ1v) is 10.2. The minimum Gasteiger partial charge on any atom is -0.444 e. The molecule has 2 unspecified atom stereocenters. The van der Waals surface area contributed by atoms with Crippen molar-refractivity contribution in [3.05, 3.63) is 6.33 Å². The van der Waals surface area contributed by atoms with Gasteiger partial charge >= 0.3 is 6.09 Å². The number of hydrogen-bond acceptors (Lipinski definition) is 9. The van der Waals surface area contributed by atoms with E-state index in [1.54, 1.807) is 6.33 Å². The third-order valence-corrected chi connectivity index (χ3v) is 4.44. The van der Waals surface area contributed by atoms with Crippen molar-refractivity contribution in [2.24, 2.45) is 0 Å². The highest BCUT2D eigenvalue weighted by molar-refractivity contribution is 6.18. The number of nitrogens with two attached hydrogens (primary N) is 1. The fraction of sp³-hybridized carbons (Fsp3) is 0.667. The number of amides is 1. The lowest BCUT2D eigenvalue weighted by Gasteiger charge is -2.19. The Hall–Kier alpha value is -2.37. The van der Waals surface area contributed by atoms with Crippen molar-refractivity contribution in [2.45, 2.75) is 51.5 Å². The van der Waals surface area contributed by atoms with Gasteiger partial charge < -0.3 is 30.9 Å². The maximum absolute atomic E-state index is 11.7. The molecule has 1 aliphatic heterocycles. The smallest absolute Gasteiger partial charge is 0.407 e. The minimum atomic E-state index is -0.538. The molecule has 1 saturated heterocycles. The fourth-order valence-corrected chi connectivity index (χ4v) is 3.11. The van der Waals surface area contributed by atoms with Crippen molar-refractivity contribution in [3.8, 4) is 0 Å². The fourth-order valence-electron chi connectivity index (χ4n) is 2.89. The maximum Gasteiger partial charge on any atom is 0.407 e. The highest BCUT2D eigenvalue weighted by Gasteiger charge is 2.28. The second kappa shape index (κ2) is 10.6. The number of ether oxygens (including phenoxy) is 2. The molecule has 5 N–H and O–H groups in total. The summed E-state index contributed by atoms with van der Waals surface area (Å²) < 4.78 is 12.9. The lowest BCUT2D eigenvalue weighted by Crippen LogP contribution is -2.35. The first-order chi connectivity index (χ1) is 14.3. The van der Waals surface area contributed by atoms with Crippen molar-refractivity contribution in [1.29, 1.82) is 0 Å². The van der Waals surface area contributed by atoms with Gasteiger partial charge in [0.1, 0.15) is 17.3 Å². The lowest BCUT2D eigenvalue weighted by atomic mass is 10.2. The van der Waals surface area contributed by atoms with Gasteiger partial charge in [0, 0.05) is 26.1 Å². The number of fused-ring (bicyclic) bond motifs is 1. The Labute approximate surface area is 180 Å². The summed E-state index contributed by atoms with van der Waals surface area (Å²) in [7, 11) is 1.00. The molecular weight excluding hydrogens is 414 g/mol. The van der Waals surface area contributed by atoms with E-state index >= 15 is 0 Å². The Balaban J connectivity index is 0.00000155. The summed E-state index contributed by atoms with van der Waals surface area (Å²) in [6.07, 6.45) is 2.75. The van der Waals surface area contributed by atoms with E-state index in [0.717, 1.165) is 20.0 Å². The van der Waals surface area contributed by atoms with Gasteiger partial charge in [-0.05, 0) is 33.6 Å². The van der Waals surface area contributed by atoms with Gasteiger partial charge in [-0.2, -0.15) is 9.97 Å². The number of aliphatic hydroxyl groups is 1. The Morgan fingerprint density at radius 3 is 2.73 bits per heavy atom. The van der Waals surface area contributed by atoms with Crippen molar-refractivity contribution in [1.82, 2.24) is 24.8 Å². The summed E-state index contributed by atoms with van der Waals surface area (Å²) >= 11 is 5.89. The van der Waals surface area contributed by atoms with Gasteiger partial charge in [-0.3, -0.25) is 4.57 Å². The number of imidazole rings is 1. The number of halogens is 1. The van der Waals surface area contributed by atoms with Crippen LogP contribution in [0.25, 0.3) is 11.2 Å². The molecule has 1 fully saturated rings. The Morgan fingerprint density at radius 2 is 2.10 bits per heavy atom. The minimum absolute atomic E-state index is 0.0276. The van der Waals surface area contributed by atoms with E-state index in [1.807, 2.05) is 25.3 Å². The van der Waals surface area contributed by atoms with Crippen LogP contribution >= 0.6 is 11.6 Å². The quantitative estimate of drug-likeness (QED) is 0.387. The summed E-state index contributed by atoms with van der Waals surface area (Å²) in [4.78, 5) is 24.7. The largest absolute Gasteiger partial charge is 0.444 e. The van der Waals surface area contributed by atoms with Crippen LogP contribution in [0, 0.1) is 0 Å². The molecule has 0 aromatic carbocycles. The molecule has 0 aliphatic carbocycles. The molecule has 3 rings (SSSR count). The number of alkyl carbamates (subject to hydrolysis) is 1. The highest BCUT2D eigenvalue weighted by Crippen LogP contribution is 2.31. The molecule has 168 valence electrons. The van der Waals surface area contributed by atoms with E-state index in [0.29, 0.717) is 36.1 Å². The molecule has 30 heavy (non-hydrogen) atoms. The van der Waals surface area contributed by atoms with E-state index < -0.39 is 11.7 Å². The first-order valence-electron chi connectivity index (χ1n) is 9.64. The molecule has 1 aliphatic rings. The van der Waals surface area contributed by atoms with E-state index in [9.17, 15) is 4.79 Å². The summed E-state index contributed by atoms with van der Waals surface area (Å²) in [6.45, 7) is 6.18. The topological polar surface area (TPSA) is 149 Å². The Kier molecular flexibility index (Phi) is 8.44. The number of hydrogen-bond donors (Lipinski definition) is 4. The van der Waals surface area contributed by atoms with E-state index in [4.69, 9.17) is 31.9 Å². The summed E-state index contributed by atoms with van der Waals surface area (Å²) in [6, 6.07) is 0. The third kappa shape index (κ3) is 6.31. The van der Waals surface area contributed by atoms with Gasteiger partial charge in [-0.25, -0.2) is 9.78 Å². The van der Waals surface area contributed by atoms with Crippen LogP contribution in [0.5, 0.6) is 0 Å². The number of nitrogens with one attached hydrogen (secondary N) is 2. The van der Waals surface area contributed by atoms with Crippen LogP contribution in [0.15, 0.2) is 6.33 Å². The zero-order chi connectivity index (χ0) is 22.3. The van der Waals surface area contributed by atoms with Gasteiger partial charge in [0.15, 0.2) is 11.5 Å². The first kappa shape index (κ1) is 23.9. The second-order valence-electron chi connectivity index (χ2n) is 7.56. The average molecular weight is 444 g/mol. The monoisotopic (exact) mass is 443 g/mol. The second-order valence-corrected chi connectivity index (χ2v) is 7.86. The standard InChI is InChI=1S/C17H26ClN7O3.CH4O/c1-17(2,3)28-16(26)21-7-6-20-15-23-13(19)12-14(24-15)25(9-22-12)11-5-4-10(8-18)27-11;1-2/h9-11H,4-8H2,1-3H3,(H,21,26)(H3,19,20,23,24);2H,1H3. The third-order valence-electron chi connectivity index (χ3n) is 4.09. The van der Waals surface area contributed by atoms with Crippen molar-refractivity contribution < 1.29 is 19.4 Å². The predicted octanol–water partition coefficient (Wildman–Crippen LogP) is 1.87. The van der Waals surface area contributed by atoms with Crippen LogP contribution in [0.3, 0.4) is 0 Å². The zero-order valence-corrected chi connectivity index (χ0v) is 18.4. The van der Waals surface area contributed by atoms with Crippen LogP contribution in [-0.2, 0) is 9.47 Å². The van der Waals surface area contributed by atoms with Crippen molar-refractivity contribution >= 4 is 40.6 Å². The number of aliphatic hydroxyl groups excluding tert-OH is 1. The lowest BCUT2D eigenvalue weighted by molar-refractivity contribution is 0.0147. The molecule has 3 heterocycles. The molecule has 11 nitrogen and oxygen atoms in total. The van der Waals surface area contributed by atoms with Gasteiger partial charge in [0.25, 0.3) is 0 Å². The molecule has 2 atom stereocenters. The number of nitrogens with zero attached hydrogens (tertiary/aromatic N) is 4. The van der Waals surface area contributed by atoms with Crippen LogP contribution < -0.4 is 16.4 Å². The van der Waals surface area contributed by atoms with Crippen LogP contribution in [-0.4, -0.2) is 68.5 Å². The van der Waals surface area contributed by atoms with Gasteiger partial charge in [0.2, 0.25) is 5.95 Å². The molecule has 0 spiro atoms. The normalized spacial score (nSPS) is 18.6. The molecule has 2 aromatic heterocycles. The van der Waals surface area contributed by atoms with Crippen molar-refractivity contribution in [2.75, 3.05) is 37.1 Å². The average Bonchev–Trinajstić information content (AvgIpc) is 3.32.